The number of ether oxygens (including phenoxy) is 1. The number of carbonyl (C=O) groups is 1. The zero-order chi connectivity index (χ0) is 6.41. The zero-order valence-corrected chi connectivity index (χ0v) is 5.31. The minimum Gasteiger partial charge on any atom is -0.465 e. The first-order chi connectivity index (χ1) is 3.81. The maximum atomic E-state index is 10.3. The fourth-order valence-electron chi connectivity index (χ4n) is 0.286. The van der Waals surface area contributed by atoms with Gasteiger partial charge in [-0.3, -0.25) is 4.79 Å². The Balaban J connectivity index is 2.99. The first kappa shape index (κ1) is 7.47. The summed E-state index contributed by atoms with van der Waals surface area (Å²) >= 11 is 0. The Morgan fingerprint density at radius 3 is 2.75 bits per heavy atom. The number of carbonyl (C=O) groups excluding carboxylic acids is 1. The highest BCUT2D eigenvalue weighted by atomic mass is 16.5. The summed E-state index contributed by atoms with van der Waals surface area (Å²) in [5, 5.41) is 0. The van der Waals surface area contributed by atoms with Crippen LogP contribution in [0.4, 0.5) is 0 Å². The lowest BCUT2D eigenvalue weighted by Crippen LogP contribution is -2.02. The summed E-state index contributed by atoms with van der Waals surface area (Å²) < 4.78 is 4.65. The predicted molar refractivity (Wildman–Crippen MR) is 31.2 cm³/mol. The van der Waals surface area contributed by atoms with Crippen LogP contribution in [0.5, 0.6) is 0 Å². The van der Waals surface area contributed by atoms with Crippen molar-refractivity contribution in [1.29, 1.82) is 0 Å². The van der Waals surface area contributed by atoms with E-state index < -0.39 is 0 Å². The molecule has 0 aliphatic heterocycles. The van der Waals surface area contributed by atoms with E-state index in [9.17, 15) is 4.79 Å². The van der Waals surface area contributed by atoms with Crippen LogP contribution in [0.25, 0.3) is 0 Å². The van der Waals surface area contributed by atoms with Gasteiger partial charge in [-0.15, -0.1) is 0 Å². The molecule has 0 unspecified atom stereocenters. The second kappa shape index (κ2) is 4.62. The van der Waals surface area contributed by atoms with Crippen molar-refractivity contribution in [1.82, 2.24) is 0 Å². The Bertz CT molecular complexity index is 68.9. The van der Waals surface area contributed by atoms with Crippen molar-refractivity contribution < 1.29 is 9.53 Å². The molecule has 2 nitrogen and oxygen atoms in total. The highest BCUT2D eigenvalue weighted by Crippen LogP contribution is 1.84. The molecular weight excluding hydrogens is 104 g/mol. The van der Waals surface area contributed by atoms with Gasteiger partial charge in [0.2, 0.25) is 0 Å². The minimum atomic E-state index is -0.230. The molecule has 0 aliphatic rings. The van der Waals surface area contributed by atoms with E-state index >= 15 is 0 Å². The van der Waals surface area contributed by atoms with E-state index in [1.807, 2.05) is 6.92 Å². The summed E-state index contributed by atoms with van der Waals surface area (Å²) in [5.74, 6) is -0.230. The molecule has 8 heavy (non-hydrogen) atoms. The molecule has 0 aromatic heterocycles. The molecule has 0 spiro atoms. The molecular formula is C6H11O2. The molecule has 0 bridgehead atoms. The standard InChI is InChI=1S/C6H11O2/c1-3-5-8-6(7)4-2/h4H,3,5H2,1-2H3. The molecule has 0 atom stereocenters. The maximum absolute atomic E-state index is 10.3. The molecule has 0 fully saturated rings. The molecule has 0 saturated carbocycles. The van der Waals surface area contributed by atoms with Crippen LogP contribution in [0.3, 0.4) is 0 Å². The van der Waals surface area contributed by atoms with Gasteiger partial charge in [0.1, 0.15) is 0 Å². The first-order valence-electron chi connectivity index (χ1n) is 2.77. The molecule has 0 heterocycles. The first-order valence-corrected chi connectivity index (χ1v) is 2.77. The minimum absolute atomic E-state index is 0.230. The molecule has 0 amide bonds. The van der Waals surface area contributed by atoms with Gasteiger partial charge in [-0.1, -0.05) is 13.8 Å². The van der Waals surface area contributed by atoms with E-state index in [0.29, 0.717) is 6.61 Å². The lowest BCUT2D eigenvalue weighted by Gasteiger charge is -1.96. The van der Waals surface area contributed by atoms with Gasteiger partial charge < -0.3 is 4.74 Å². The third-order valence-electron chi connectivity index (χ3n) is 0.684. The summed E-state index contributed by atoms with van der Waals surface area (Å²) in [6.07, 6.45) is 2.30. The van der Waals surface area contributed by atoms with Crippen LogP contribution in [0.2, 0.25) is 0 Å². The average molecular weight is 115 g/mol. The Kier molecular flexibility index (Phi) is 4.32. The van der Waals surface area contributed by atoms with Gasteiger partial charge in [-0.2, -0.15) is 0 Å². The monoisotopic (exact) mass is 115 g/mol. The Labute approximate surface area is 49.8 Å². The third-order valence-corrected chi connectivity index (χ3v) is 0.684. The van der Waals surface area contributed by atoms with E-state index in [2.05, 4.69) is 4.74 Å². The molecule has 47 valence electrons. The number of hydrogen-bond donors (Lipinski definition) is 0. The van der Waals surface area contributed by atoms with Crippen LogP contribution >= 0.6 is 0 Å². The summed E-state index contributed by atoms with van der Waals surface area (Å²) in [7, 11) is 0. The highest BCUT2D eigenvalue weighted by molar-refractivity contribution is 5.78. The fraction of sp³-hybridized carbons (Fsp3) is 0.667. The molecule has 0 aromatic rings. The van der Waals surface area contributed by atoms with E-state index in [0.717, 1.165) is 6.42 Å². The lowest BCUT2D eigenvalue weighted by molar-refractivity contribution is -0.139. The largest absolute Gasteiger partial charge is 0.465 e. The van der Waals surface area contributed by atoms with Gasteiger partial charge in [0.15, 0.2) is 0 Å². The molecule has 0 aliphatic carbocycles. The van der Waals surface area contributed by atoms with Crippen molar-refractivity contribution in [2.45, 2.75) is 20.3 Å². The van der Waals surface area contributed by atoms with E-state index in [4.69, 9.17) is 0 Å². The topological polar surface area (TPSA) is 26.3 Å². The maximum Gasteiger partial charge on any atom is 0.309 e. The highest BCUT2D eigenvalue weighted by Gasteiger charge is 1.93. The van der Waals surface area contributed by atoms with Crippen LogP contribution in [0, 0.1) is 6.42 Å². The van der Waals surface area contributed by atoms with Crippen molar-refractivity contribution in [2.75, 3.05) is 6.61 Å². The number of rotatable bonds is 3. The summed E-state index contributed by atoms with van der Waals surface area (Å²) in [6.45, 7) is 4.16. The SMILES string of the molecule is C[CH]C(=O)OCCC. The van der Waals surface area contributed by atoms with Crippen LogP contribution < -0.4 is 0 Å². The third kappa shape index (κ3) is 3.65. The smallest absolute Gasteiger partial charge is 0.309 e. The molecule has 0 N–H and O–H groups in total. The Morgan fingerprint density at radius 2 is 2.38 bits per heavy atom. The van der Waals surface area contributed by atoms with Crippen molar-refractivity contribution in [3.05, 3.63) is 6.42 Å². The van der Waals surface area contributed by atoms with Crippen molar-refractivity contribution in [3.8, 4) is 0 Å². The van der Waals surface area contributed by atoms with Gasteiger partial charge in [-0.25, -0.2) is 0 Å². The lowest BCUT2D eigenvalue weighted by atomic mass is 10.5. The average Bonchev–Trinajstić information content (AvgIpc) is 1.83. The second-order valence-electron chi connectivity index (χ2n) is 1.46. The molecule has 2 heteroatoms. The predicted octanol–water partition coefficient (Wildman–Crippen LogP) is 1.16. The fourth-order valence-corrected chi connectivity index (χ4v) is 0.286. The van der Waals surface area contributed by atoms with Crippen LogP contribution in [0.15, 0.2) is 0 Å². The molecule has 0 saturated heterocycles. The van der Waals surface area contributed by atoms with Gasteiger partial charge in [0.25, 0.3) is 0 Å². The molecule has 0 rings (SSSR count). The summed E-state index contributed by atoms with van der Waals surface area (Å²) in [4.78, 5) is 10.3. The van der Waals surface area contributed by atoms with Crippen LogP contribution in [-0.4, -0.2) is 12.6 Å². The van der Waals surface area contributed by atoms with E-state index in [1.165, 1.54) is 6.42 Å². The quantitative estimate of drug-likeness (QED) is 0.516. The summed E-state index contributed by atoms with van der Waals surface area (Å²) in [5.41, 5.74) is 0. The normalized spacial score (nSPS) is 8.75. The van der Waals surface area contributed by atoms with Gasteiger partial charge in [-0.05, 0) is 6.42 Å². The molecule has 1 radical (unpaired) electrons. The summed E-state index contributed by atoms with van der Waals surface area (Å²) in [6, 6.07) is 0. The van der Waals surface area contributed by atoms with Gasteiger partial charge in [0.05, 0.1) is 13.0 Å². The Hall–Kier alpha value is -0.530. The molecule has 0 aromatic carbocycles. The number of esters is 1. The van der Waals surface area contributed by atoms with Crippen LogP contribution in [-0.2, 0) is 9.53 Å². The Morgan fingerprint density at radius 1 is 1.75 bits per heavy atom. The van der Waals surface area contributed by atoms with E-state index in [1.54, 1.807) is 6.92 Å². The van der Waals surface area contributed by atoms with Gasteiger partial charge >= 0.3 is 5.97 Å². The van der Waals surface area contributed by atoms with E-state index in [-0.39, 0.29) is 5.97 Å². The van der Waals surface area contributed by atoms with Gasteiger partial charge in [0, 0.05) is 0 Å². The van der Waals surface area contributed by atoms with Crippen LogP contribution in [0.1, 0.15) is 20.3 Å². The van der Waals surface area contributed by atoms with Crippen molar-refractivity contribution in [2.24, 2.45) is 0 Å². The second-order valence-corrected chi connectivity index (χ2v) is 1.46. The number of hydrogen-bond acceptors (Lipinski definition) is 2. The van der Waals surface area contributed by atoms with Crippen molar-refractivity contribution >= 4 is 5.97 Å². The zero-order valence-electron chi connectivity index (χ0n) is 5.31. The van der Waals surface area contributed by atoms with Crippen molar-refractivity contribution in [3.63, 3.8) is 0 Å².